The first-order chi connectivity index (χ1) is 15.8. The Balaban J connectivity index is 1.77. The first-order valence-corrected chi connectivity index (χ1v) is 9.82. The van der Waals surface area contributed by atoms with E-state index in [0.29, 0.717) is 16.4 Å². The van der Waals surface area contributed by atoms with Crippen LogP contribution in [0.25, 0.3) is 5.69 Å². The minimum absolute atomic E-state index is 0.0828. The summed E-state index contributed by atoms with van der Waals surface area (Å²) in [4.78, 5) is 39.5. The Bertz CT molecular complexity index is 1180. The quantitative estimate of drug-likeness (QED) is 0.280. The van der Waals surface area contributed by atoms with E-state index in [-0.39, 0.29) is 23.7 Å². The Hall–Kier alpha value is -4.19. The molecule has 0 aliphatic heterocycles. The van der Waals surface area contributed by atoms with Crippen LogP contribution in [-0.4, -0.2) is 51.9 Å². The van der Waals surface area contributed by atoms with Gasteiger partial charge in [0.1, 0.15) is 18.2 Å². The van der Waals surface area contributed by atoms with Crippen molar-refractivity contribution < 1.29 is 28.7 Å². The summed E-state index contributed by atoms with van der Waals surface area (Å²) in [6.45, 7) is 1.22. The predicted molar refractivity (Wildman–Crippen MR) is 116 cm³/mol. The number of rotatable bonds is 9. The molecule has 0 atom stereocenters. The van der Waals surface area contributed by atoms with Crippen molar-refractivity contribution in [2.45, 2.75) is 6.92 Å². The minimum atomic E-state index is -1.08. The molecule has 1 heterocycles. The Morgan fingerprint density at radius 3 is 2.67 bits per heavy atom. The lowest BCUT2D eigenvalue weighted by atomic mass is 10.1. The number of amides is 1. The van der Waals surface area contributed by atoms with Gasteiger partial charge in [-0.3, -0.25) is 14.9 Å². The largest absolute Gasteiger partial charge is 0.493 e. The maximum atomic E-state index is 12.5. The van der Waals surface area contributed by atoms with Gasteiger partial charge in [0.25, 0.3) is 11.6 Å². The van der Waals surface area contributed by atoms with Crippen molar-refractivity contribution in [2.24, 2.45) is 0 Å². The van der Waals surface area contributed by atoms with Crippen molar-refractivity contribution in [1.82, 2.24) is 14.8 Å². The molecule has 0 aliphatic rings. The van der Waals surface area contributed by atoms with Crippen LogP contribution in [0.15, 0.2) is 43.0 Å². The van der Waals surface area contributed by atoms with Crippen LogP contribution in [0.3, 0.4) is 0 Å². The van der Waals surface area contributed by atoms with Crippen molar-refractivity contribution >= 4 is 34.9 Å². The molecule has 33 heavy (non-hydrogen) atoms. The molecule has 3 rings (SSSR count). The normalized spacial score (nSPS) is 10.4. The first-order valence-electron chi connectivity index (χ1n) is 9.44. The van der Waals surface area contributed by atoms with Crippen LogP contribution in [0.1, 0.15) is 17.3 Å². The van der Waals surface area contributed by atoms with Crippen LogP contribution in [0, 0.1) is 10.1 Å². The minimum Gasteiger partial charge on any atom is -0.493 e. The van der Waals surface area contributed by atoms with E-state index < -0.39 is 29.1 Å². The summed E-state index contributed by atoms with van der Waals surface area (Å²) in [6.07, 6.45) is 2.75. The molecular formula is C20H18ClN5O7. The van der Waals surface area contributed by atoms with E-state index in [1.165, 1.54) is 30.5 Å². The molecule has 1 aromatic heterocycles. The van der Waals surface area contributed by atoms with Gasteiger partial charge in [-0.2, -0.15) is 5.10 Å². The molecular weight excluding hydrogens is 458 g/mol. The fourth-order valence-corrected chi connectivity index (χ4v) is 3.00. The van der Waals surface area contributed by atoms with Crippen LogP contribution in [0.5, 0.6) is 11.5 Å². The Kier molecular flexibility index (Phi) is 7.41. The number of nitrogens with zero attached hydrogens (tertiary/aromatic N) is 4. The summed E-state index contributed by atoms with van der Waals surface area (Å²) < 4.78 is 16.8. The van der Waals surface area contributed by atoms with Gasteiger partial charge in [-0.05, 0) is 25.1 Å². The van der Waals surface area contributed by atoms with Gasteiger partial charge in [-0.15, -0.1) is 0 Å². The lowest BCUT2D eigenvalue weighted by molar-refractivity contribution is -0.385. The van der Waals surface area contributed by atoms with Crippen molar-refractivity contribution in [2.75, 3.05) is 25.6 Å². The van der Waals surface area contributed by atoms with Gasteiger partial charge < -0.3 is 19.5 Å². The van der Waals surface area contributed by atoms with Crippen LogP contribution in [0.2, 0.25) is 5.02 Å². The Morgan fingerprint density at radius 2 is 2.03 bits per heavy atom. The van der Waals surface area contributed by atoms with E-state index >= 15 is 0 Å². The van der Waals surface area contributed by atoms with Gasteiger partial charge in [0, 0.05) is 11.1 Å². The highest BCUT2D eigenvalue weighted by Crippen LogP contribution is 2.35. The Morgan fingerprint density at radius 1 is 1.24 bits per heavy atom. The number of benzene rings is 2. The number of halogens is 1. The number of nitrogens with one attached hydrogen (secondary N) is 1. The number of nitro groups is 1. The van der Waals surface area contributed by atoms with Crippen LogP contribution in [-0.2, 0) is 9.53 Å². The zero-order valence-corrected chi connectivity index (χ0v) is 18.2. The molecule has 13 heteroatoms. The van der Waals surface area contributed by atoms with Gasteiger partial charge >= 0.3 is 5.97 Å². The topological polar surface area (TPSA) is 148 Å². The fraction of sp³-hybridized carbons (Fsp3) is 0.200. The van der Waals surface area contributed by atoms with Crippen LogP contribution >= 0.6 is 11.6 Å². The second-order valence-electron chi connectivity index (χ2n) is 6.34. The highest BCUT2D eigenvalue weighted by molar-refractivity contribution is 6.31. The maximum Gasteiger partial charge on any atom is 0.345 e. The van der Waals surface area contributed by atoms with Crippen molar-refractivity contribution in [3.8, 4) is 17.2 Å². The molecule has 2 aromatic carbocycles. The first kappa shape index (κ1) is 23.5. The summed E-state index contributed by atoms with van der Waals surface area (Å²) in [5.74, 6) is -1.57. The average molecular weight is 476 g/mol. The summed E-state index contributed by atoms with van der Waals surface area (Å²) in [6, 6.07) is 6.90. The van der Waals surface area contributed by atoms with E-state index in [4.69, 9.17) is 25.8 Å². The van der Waals surface area contributed by atoms with Gasteiger partial charge in [0.05, 0.1) is 36.1 Å². The zero-order chi connectivity index (χ0) is 24.0. The Labute approximate surface area is 192 Å². The highest BCUT2D eigenvalue weighted by atomic mass is 35.5. The van der Waals surface area contributed by atoms with Crippen LogP contribution < -0.4 is 14.8 Å². The summed E-state index contributed by atoms with van der Waals surface area (Å²) in [5.41, 5.74) is -0.168. The third kappa shape index (κ3) is 5.54. The van der Waals surface area contributed by atoms with Gasteiger partial charge in [-0.1, -0.05) is 11.6 Å². The molecule has 172 valence electrons. The van der Waals surface area contributed by atoms with Gasteiger partial charge in [-0.25, -0.2) is 14.5 Å². The third-order valence-corrected chi connectivity index (χ3v) is 4.47. The lowest BCUT2D eigenvalue weighted by Crippen LogP contribution is -2.22. The third-order valence-electron chi connectivity index (χ3n) is 4.23. The summed E-state index contributed by atoms with van der Waals surface area (Å²) >= 11 is 6.01. The number of anilines is 1. The summed E-state index contributed by atoms with van der Waals surface area (Å²) in [7, 11) is 1.31. The van der Waals surface area contributed by atoms with E-state index in [0.717, 1.165) is 12.1 Å². The smallest absolute Gasteiger partial charge is 0.345 e. The second kappa shape index (κ2) is 10.4. The number of nitro benzene ring substituents is 1. The number of carbonyl (C=O) groups excluding carboxylic acids is 2. The standard InChI is InChI=1S/C20H18ClN5O7/c1-3-32-18-7-13(16(26(29)30)8-17(18)31-2)20(28)33-9-19(27)24-14-6-12(21)4-5-15(14)25-11-22-10-23-25/h4-8,10-11H,3,9H2,1-2H3,(H,24,27). The molecule has 0 spiro atoms. The lowest BCUT2D eigenvalue weighted by Gasteiger charge is -2.13. The number of carbonyl (C=O) groups is 2. The number of hydrogen-bond acceptors (Lipinski definition) is 9. The van der Waals surface area contributed by atoms with E-state index in [1.54, 1.807) is 19.1 Å². The second-order valence-corrected chi connectivity index (χ2v) is 6.77. The number of ether oxygens (including phenoxy) is 3. The zero-order valence-electron chi connectivity index (χ0n) is 17.5. The molecule has 1 N–H and O–H groups in total. The fourth-order valence-electron chi connectivity index (χ4n) is 2.83. The number of methoxy groups -OCH3 is 1. The molecule has 0 aliphatic carbocycles. The molecule has 0 radical (unpaired) electrons. The van der Waals surface area contributed by atoms with Crippen molar-refractivity contribution in [3.63, 3.8) is 0 Å². The SMILES string of the molecule is CCOc1cc(C(=O)OCC(=O)Nc2cc(Cl)ccc2-n2cncn2)c([N+](=O)[O-])cc1OC. The number of aromatic nitrogens is 3. The van der Waals surface area contributed by atoms with E-state index in [9.17, 15) is 19.7 Å². The molecule has 0 saturated carbocycles. The van der Waals surface area contributed by atoms with Crippen LogP contribution in [0.4, 0.5) is 11.4 Å². The molecule has 0 bridgehead atoms. The van der Waals surface area contributed by atoms with Gasteiger partial charge in [0.15, 0.2) is 18.1 Å². The molecule has 0 unspecified atom stereocenters. The molecule has 12 nitrogen and oxygen atoms in total. The molecule has 0 saturated heterocycles. The highest BCUT2D eigenvalue weighted by Gasteiger charge is 2.26. The summed E-state index contributed by atoms with van der Waals surface area (Å²) in [5, 5.41) is 18.3. The van der Waals surface area contributed by atoms with Gasteiger partial charge in [0.2, 0.25) is 0 Å². The van der Waals surface area contributed by atoms with E-state index in [2.05, 4.69) is 15.4 Å². The molecule has 3 aromatic rings. The van der Waals surface area contributed by atoms with Crippen molar-refractivity contribution in [3.05, 3.63) is 63.7 Å². The monoisotopic (exact) mass is 475 g/mol. The predicted octanol–water partition coefficient (Wildman–Crippen LogP) is 3.03. The average Bonchev–Trinajstić information content (AvgIpc) is 3.32. The number of esters is 1. The molecule has 1 amide bonds. The molecule has 0 fully saturated rings. The maximum absolute atomic E-state index is 12.5. The number of hydrogen-bond donors (Lipinski definition) is 1. The van der Waals surface area contributed by atoms with E-state index in [1.807, 2.05) is 0 Å². The van der Waals surface area contributed by atoms with Crippen molar-refractivity contribution in [1.29, 1.82) is 0 Å².